The molecule has 1 aromatic carbocycles. The molecule has 0 bridgehead atoms. The fourth-order valence-electron chi connectivity index (χ4n) is 1.51. The number of anilines is 1. The number of benzene rings is 1. The van der Waals surface area contributed by atoms with E-state index < -0.39 is 0 Å². The summed E-state index contributed by atoms with van der Waals surface area (Å²) < 4.78 is 5.51. The van der Waals surface area contributed by atoms with Gasteiger partial charge in [-0.3, -0.25) is 0 Å². The predicted molar refractivity (Wildman–Crippen MR) is 73.6 cm³/mol. The van der Waals surface area contributed by atoms with E-state index in [4.69, 9.17) is 15.7 Å². The van der Waals surface area contributed by atoms with Gasteiger partial charge in [0.2, 0.25) is 0 Å². The lowest BCUT2D eigenvalue weighted by molar-refractivity contribution is 0.313. The van der Waals surface area contributed by atoms with Crippen LogP contribution >= 0.6 is 0 Å². The van der Waals surface area contributed by atoms with Crippen LogP contribution in [0.5, 0.6) is 5.75 Å². The number of hydrogen-bond acceptors (Lipinski definition) is 4. The third kappa shape index (κ3) is 6.12. The lowest BCUT2D eigenvalue weighted by Crippen LogP contribution is -2.05. The van der Waals surface area contributed by atoms with Crippen LogP contribution in [-0.2, 0) is 0 Å². The highest BCUT2D eigenvalue weighted by atomic mass is 16.5. The van der Waals surface area contributed by atoms with Gasteiger partial charge in [0.05, 0.1) is 12.7 Å². The highest BCUT2D eigenvalue weighted by molar-refractivity contribution is 5.46. The van der Waals surface area contributed by atoms with Gasteiger partial charge in [0.15, 0.2) is 0 Å². The Labute approximate surface area is 109 Å². The molecule has 1 rings (SSSR count). The number of nitrogens with two attached hydrogens (primary N) is 1. The van der Waals surface area contributed by atoms with Crippen LogP contribution in [0.15, 0.2) is 24.3 Å². The average molecular weight is 247 g/mol. The molecule has 18 heavy (non-hydrogen) atoms. The molecule has 4 nitrogen and oxygen atoms in total. The fraction of sp³-hybridized carbons (Fsp3) is 0.500. The van der Waals surface area contributed by atoms with Crippen molar-refractivity contribution in [3.63, 3.8) is 0 Å². The molecule has 0 radical (unpaired) electrons. The van der Waals surface area contributed by atoms with E-state index >= 15 is 0 Å². The summed E-state index contributed by atoms with van der Waals surface area (Å²) in [5.41, 5.74) is 6.53. The molecule has 0 heterocycles. The van der Waals surface area contributed by atoms with E-state index in [1.807, 2.05) is 24.3 Å². The molecule has 0 aliphatic heterocycles. The Balaban J connectivity index is 2.23. The molecule has 0 saturated heterocycles. The van der Waals surface area contributed by atoms with E-state index in [1.165, 1.54) is 0 Å². The molecule has 0 unspecified atom stereocenters. The van der Waals surface area contributed by atoms with Crippen LogP contribution < -0.4 is 15.8 Å². The quantitative estimate of drug-likeness (QED) is 0.658. The van der Waals surface area contributed by atoms with Gasteiger partial charge in [0.25, 0.3) is 0 Å². The molecule has 0 aliphatic carbocycles. The summed E-state index contributed by atoms with van der Waals surface area (Å²) in [7, 11) is 0. The minimum Gasteiger partial charge on any atom is -0.494 e. The van der Waals surface area contributed by atoms with Crippen molar-refractivity contribution in [1.82, 2.24) is 0 Å². The van der Waals surface area contributed by atoms with E-state index in [0.717, 1.165) is 43.8 Å². The average Bonchev–Trinajstić information content (AvgIpc) is 2.41. The van der Waals surface area contributed by atoms with Crippen molar-refractivity contribution in [2.75, 3.05) is 25.0 Å². The van der Waals surface area contributed by atoms with Crippen molar-refractivity contribution in [2.24, 2.45) is 5.73 Å². The first-order valence-electron chi connectivity index (χ1n) is 6.40. The van der Waals surface area contributed by atoms with Gasteiger partial charge in [0, 0.05) is 18.7 Å². The summed E-state index contributed by atoms with van der Waals surface area (Å²) in [5, 5.41) is 11.7. The maximum atomic E-state index is 8.40. The molecule has 0 atom stereocenters. The monoisotopic (exact) mass is 247 g/mol. The van der Waals surface area contributed by atoms with Crippen LogP contribution in [0.4, 0.5) is 5.69 Å². The Kier molecular flexibility index (Phi) is 7.42. The summed E-state index contributed by atoms with van der Waals surface area (Å²) in [6, 6.07) is 9.99. The maximum Gasteiger partial charge on any atom is 0.119 e. The molecular weight excluding hydrogens is 226 g/mol. The molecule has 0 amide bonds. The molecule has 3 N–H and O–H groups in total. The highest BCUT2D eigenvalue weighted by Crippen LogP contribution is 2.16. The minimum atomic E-state index is 0.542. The molecule has 0 aliphatic rings. The Morgan fingerprint density at radius 2 is 1.94 bits per heavy atom. The second kappa shape index (κ2) is 9.32. The third-order valence-corrected chi connectivity index (χ3v) is 2.52. The van der Waals surface area contributed by atoms with Crippen molar-refractivity contribution in [3.05, 3.63) is 24.3 Å². The van der Waals surface area contributed by atoms with Crippen molar-refractivity contribution in [3.8, 4) is 11.8 Å². The van der Waals surface area contributed by atoms with Gasteiger partial charge in [0.1, 0.15) is 5.75 Å². The molecule has 1 aromatic rings. The summed E-state index contributed by atoms with van der Waals surface area (Å²) in [6.07, 6.45) is 3.45. The van der Waals surface area contributed by atoms with E-state index in [-0.39, 0.29) is 0 Å². The largest absolute Gasteiger partial charge is 0.494 e. The standard InChI is InChI=1S/C14H21N3O/c15-9-1-3-11-17-13-5-7-14(8-6-13)18-12-4-2-10-16/h5-8,17H,1-4,9,11-12,15H2. The fourth-order valence-corrected chi connectivity index (χ4v) is 1.51. The zero-order valence-corrected chi connectivity index (χ0v) is 10.7. The number of nitrogens with one attached hydrogen (secondary N) is 1. The number of hydrogen-bond donors (Lipinski definition) is 2. The molecule has 4 heteroatoms. The van der Waals surface area contributed by atoms with E-state index in [2.05, 4.69) is 11.4 Å². The molecule has 0 spiro atoms. The van der Waals surface area contributed by atoms with Crippen LogP contribution in [0.2, 0.25) is 0 Å². The molecule has 0 fully saturated rings. The Morgan fingerprint density at radius 1 is 1.17 bits per heavy atom. The second-order valence-electron chi connectivity index (χ2n) is 4.06. The number of unbranched alkanes of at least 4 members (excludes halogenated alkanes) is 2. The first-order chi connectivity index (χ1) is 8.86. The van der Waals surface area contributed by atoms with E-state index in [0.29, 0.717) is 13.0 Å². The summed E-state index contributed by atoms with van der Waals surface area (Å²) >= 11 is 0. The van der Waals surface area contributed by atoms with Crippen LogP contribution in [-0.4, -0.2) is 19.7 Å². The van der Waals surface area contributed by atoms with Crippen molar-refractivity contribution < 1.29 is 4.74 Å². The number of ether oxygens (including phenoxy) is 1. The maximum absolute atomic E-state index is 8.40. The van der Waals surface area contributed by atoms with Gasteiger partial charge in [-0.1, -0.05) is 0 Å². The SMILES string of the molecule is N#CCCCOc1ccc(NCCCCN)cc1. The van der Waals surface area contributed by atoms with E-state index in [1.54, 1.807) is 0 Å². The van der Waals surface area contributed by atoms with Crippen LogP contribution in [0.1, 0.15) is 25.7 Å². The van der Waals surface area contributed by atoms with Crippen molar-refractivity contribution in [2.45, 2.75) is 25.7 Å². The summed E-state index contributed by atoms with van der Waals surface area (Å²) in [5.74, 6) is 0.848. The first-order valence-corrected chi connectivity index (χ1v) is 6.40. The van der Waals surface area contributed by atoms with Crippen LogP contribution in [0, 0.1) is 11.3 Å². The lowest BCUT2D eigenvalue weighted by atomic mass is 10.2. The zero-order valence-electron chi connectivity index (χ0n) is 10.7. The van der Waals surface area contributed by atoms with Gasteiger partial charge in [-0.15, -0.1) is 0 Å². The van der Waals surface area contributed by atoms with Crippen molar-refractivity contribution in [1.29, 1.82) is 5.26 Å². The Hall–Kier alpha value is -1.73. The molecule has 0 saturated carbocycles. The molecule has 0 aromatic heterocycles. The van der Waals surface area contributed by atoms with Gasteiger partial charge >= 0.3 is 0 Å². The molecular formula is C14H21N3O. The lowest BCUT2D eigenvalue weighted by Gasteiger charge is -2.08. The normalized spacial score (nSPS) is 9.78. The van der Waals surface area contributed by atoms with Crippen molar-refractivity contribution >= 4 is 5.69 Å². The Bertz CT molecular complexity index is 356. The minimum absolute atomic E-state index is 0.542. The number of nitrogens with zero attached hydrogens (tertiary/aromatic N) is 1. The Morgan fingerprint density at radius 3 is 2.61 bits per heavy atom. The number of nitriles is 1. The number of rotatable bonds is 9. The smallest absolute Gasteiger partial charge is 0.119 e. The predicted octanol–water partition coefficient (Wildman–Crippen LogP) is 2.52. The van der Waals surface area contributed by atoms with Crippen LogP contribution in [0.25, 0.3) is 0 Å². The zero-order chi connectivity index (χ0) is 13.1. The second-order valence-corrected chi connectivity index (χ2v) is 4.06. The van der Waals surface area contributed by atoms with Gasteiger partial charge in [-0.05, 0) is 50.1 Å². The first kappa shape index (κ1) is 14.3. The van der Waals surface area contributed by atoms with Gasteiger partial charge in [-0.2, -0.15) is 5.26 Å². The molecule has 98 valence electrons. The topological polar surface area (TPSA) is 71.1 Å². The summed E-state index contributed by atoms with van der Waals surface area (Å²) in [4.78, 5) is 0. The van der Waals surface area contributed by atoms with Crippen LogP contribution in [0.3, 0.4) is 0 Å². The van der Waals surface area contributed by atoms with E-state index in [9.17, 15) is 0 Å². The van der Waals surface area contributed by atoms with Gasteiger partial charge in [-0.25, -0.2) is 0 Å². The highest BCUT2D eigenvalue weighted by Gasteiger charge is 1.95. The third-order valence-electron chi connectivity index (χ3n) is 2.52. The van der Waals surface area contributed by atoms with Gasteiger partial charge < -0.3 is 15.8 Å². The summed E-state index contributed by atoms with van der Waals surface area (Å²) in [6.45, 7) is 2.29.